The summed E-state index contributed by atoms with van der Waals surface area (Å²) >= 11 is 0. The summed E-state index contributed by atoms with van der Waals surface area (Å²) in [5.74, 6) is 0.0546. The van der Waals surface area contributed by atoms with E-state index in [4.69, 9.17) is 4.74 Å². The molecule has 2 aromatic carbocycles. The van der Waals surface area contributed by atoms with E-state index in [1.54, 1.807) is 0 Å². The maximum absolute atomic E-state index is 12.8. The molecule has 0 spiro atoms. The van der Waals surface area contributed by atoms with Crippen LogP contribution in [0.2, 0.25) is 0 Å². The van der Waals surface area contributed by atoms with Crippen LogP contribution in [0.5, 0.6) is 0 Å². The van der Waals surface area contributed by atoms with Crippen molar-refractivity contribution in [1.82, 2.24) is 4.90 Å². The van der Waals surface area contributed by atoms with Gasteiger partial charge in [0.1, 0.15) is 6.10 Å². The first-order valence-electron chi connectivity index (χ1n) is 8.71. The van der Waals surface area contributed by atoms with Crippen molar-refractivity contribution in [2.75, 3.05) is 26.2 Å². The molecule has 0 heterocycles. The van der Waals surface area contributed by atoms with Crippen LogP contribution in [0, 0.1) is 0 Å². The largest absolute Gasteiger partial charge is 0.368 e. The monoisotopic (exact) mass is 325 g/mol. The molecule has 3 nitrogen and oxygen atoms in total. The van der Waals surface area contributed by atoms with Crippen LogP contribution in [0.1, 0.15) is 29.8 Å². The summed E-state index contributed by atoms with van der Waals surface area (Å²) in [7, 11) is 0. The number of ketones is 1. The van der Waals surface area contributed by atoms with Crippen molar-refractivity contribution in [3.63, 3.8) is 0 Å². The highest BCUT2D eigenvalue weighted by molar-refractivity contribution is 5.99. The van der Waals surface area contributed by atoms with E-state index < -0.39 is 6.10 Å². The third-order valence-electron chi connectivity index (χ3n) is 4.24. The Morgan fingerprint density at radius 1 is 0.958 bits per heavy atom. The molecule has 0 N–H and O–H groups in total. The molecule has 0 saturated heterocycles. The fourth-order valence-corrected chi connectivity index (χ4v) is 2.71. The van der Waals surface area contributed by atoms with Crippen LogP contribution < -0.4 is 0 Å². The minimum Gasteiger partial charge on any atom is -0.368 e. The van der Waals surface area contributed by atoms with E-state index in [-0.39, 0.29) is 5.78 Å². The van der Waals surface area contributed by atoms with Crippen LogP contribution in [0.25, 0.3) is 0 Å². The second kappa shape index (κ2) is 10.0. The number of carbonyl (C=O) groups is 1. The predicted molar refractivity (Wildman–Crippen MR) is 98.4 cm³/mol. The Bertz CT molecular complexity index is 594. The van der Waals surface area contributed by atoms with Crippen molar-refractivity contribution in [3.05, 3.63) is 71.8 Å². The van der Waals surface area contributed by atoms with E-state index in [1.807, 2.05) is 60.7 Å². The van der Waals surface area contributed by atoms with Crippen molar-refractivity contribution in [3.8, 4) is 0 Å². The summed E-state index contributed by atoms with van der Waals surface area (Å²) in [6.07, 6.45) is 0.165. The van der Waals surface area contributed by atoms with Gasteiger partial charge in [0.05, 0.1) is 6.61 Å². The van der Waals surface area contributed by atoms with E-state index in [0.29, 0.717) is 18.6 Å². The Morgan fingerprint density at radius 2 is 1.54 bits per heavy atom. The molecule has 128 valence electrons. The van der Waals surface area contributed by atoms with Gasteiger partial charge in [-0.3, -0.25) is 4.79 Å². The number of ether oxygens (including phenoxy) is 1. The van der Waals surface area contributed by atoms with Gasteiger partial charge in [0.15, 0.2) is 5.78 Å². The normalized spacial score (nSPS) is 12.3. The van der Waals surface area contributed by atoms with Gasteiger partial charge in [-0.15, -0.1) is 0 Å². The molecule has 0 bridgehead atoms. The lowest BCUT2D eigenvalue weighted by molar-refractivity contribution is 0.0335. The van der Waals surface area contributed by atoms with E-state index >= 15 is 0 Å². The van der Waals surface area contributed by atoms with Gasteiger partial charge in [-0.1, -0.05) is 74.5 Å². The molecule has 0 fully saturated rings. The van der Waals surface area contributed by atoms with Gasteiger partial charge in [0, 0.05) is 18.5 Å². The summed E-state index contributed by atoms with van der Waals surface area (Å²) < 4.78 is 6.01. The highest BCUT2D eigenvalue weighted by Gasteiger charge is 2.21. The third-order valence-corrected chi connectivity index (χ3v) is 4.24. The molecule has 3 heteroatoms. The van der Waals surface area contributed by atoms with Crippen LogP contribution in [0.4, 0.5) is 0 Å². The van der Waals surface area contributed by atoms with E-state index in [2.05, 4.69) is 18.7 Å². The Hall–Kier alpha value is -1.97. The minimum absolute atomic E-state index is 0.0546. The smallest absolute Gasteiger partial charge is 0.191 e. The molecular formula is C21H27NO2. The standard InChI is InChI=1S/C21H27NO2/c1-3-22(4-2)15-16-24-20(17-18-11-7-5-8-12-18)21(23)19-13-9-6-10-14-19/h5-14,20H,3-4,15-17H2,1-2H3. The number of carbonyl (C=O) groups excluding carboxylic acids is 1. The minimum atomic E-state index is -0.439. The van der Waals surface area contributed by atoms with Crippen molar-refractivity contribution < 1.29 is 9.53 Å². The first-order valence-corrected chi connectivity index (χ1v) is 8.71. The molecule has 0 aromatic heterocycles. The van der Waals surface area contributed by atoms with Crippen LogP contribution in [-0.4, -0.2) is 43.0 Å². The topological polar surface area (TPSA) is 29.5 Å². The second-order valence-corrected chi connectivity index (χ2v) is 5.81. The summed E-state index contributed by atoms with van der Waals surface area (Å²) in [4.78, 5) is 15.1. The average molecular weight is 325 g/mol. The molecule has 0 aliphatic carbocycles. The molecule has 0 radical (unpaired) electrons. The summed E-state index contributed by atoms with van der Waals surface area (Å²) in [5, 5.41) is 0. The van der Waals surface area contributed by atoms with Gasteiger partial charge >= 0.3 is 0 Å². The van der Waals surface area contributed by atoms with Crippen molar-refractivity contribution >= 4 is 5.78 Å². The molecule has 0 aliphatic rings. The number of rotatable bonds is 10. The predicted octanol–water partition coefficient (Wildman–Crippen LogP) is 3.84. The van der Waals surface area contributed by atoms with Gasteiger partial charge < -0.3 is 9.64 Å². The Morgan fingerprint density at radius 3 is 2.12 bits per heavy atom. The molecule has 0 amide bonds. The van der Waals surface area contributed by atoms with E-state index in [1.165, 1.54) is 0 Å². The first-order chi connectivity index (χ1) is 11.7. The van der Waals surface area contributed by atoms with Crippen molar-refractivity contribution in [2.24, 2.45) is 0 Å². The molecule has 2 aromatic rings. The van der Waals surface area contributed by atoms with Gasteiger partial charge in [0.2, 0.25) is 0 Å². The Balaban J connectivity index is 2.05. The third kappa shape index (κ3) is 5.59. The Kier molecular flexibility index (Phi) is 7.66. The van der Waals surface area contributed by atoms with Crippen LogP contribution in [0.15, 0.2) is 60.7 Å². The molecule has 0 aliphatic heterocycles. The zero-order chi connectivity index (χ0) is 17.2. The van der Waals surface area contributed by atoms with Crippen LogP contribution in [0.3, 0.4) is 0 Å². The van der Waals surface area contributed by atoms with Crippen molar-refractivity contribution in [1.29, 1.82) is 0 Å². The van der Waals surface area contributed by atoms with E-state index in [9.17, 15) is 4.79 Å². The van der Waals surface area contributed by atoms with Crippen LogP contribution in [-0.2, 0) is 11.2 Å². The quantitative estimate of drug-likeness (QED) is 0.622. The van der Waals surface area contributed by atoms with Gasteiger partial charge in [-0.05, 0) is 18.7 Å². The number of hydrogen-bond donors (Lipinski definition) is 0. The summed E-state index contributed by atoms with van der Waals surface area (Å²) in [6.45, 7) is 7.68. The number of likely N-dealkylation sites (N-methyl/N-ethyl adjacent to an activating group) is 1. The number of Topliss-reactive ketones (excluding diaryl/α,β-unsaturated/α-hetero) is 1. The molecular weight excluding hydrogens is 298 g/mol. The fraction of sp³-hybridized carbons (Fsp3) is 0.381. The van der Waals surface area contributed by atoms with Gasteiger partial charge in [-0.25, -0.2) is 0 Å². The van der Waals surface area contributed by atoms with Gasteiger partial charge in [0.25, 0.3) is 0 Å². The fourth-order valence-electron chi connectivity index (χ4n) is 2.71. The lowest BCUT2D eigenvalue weighted by atomic mass is 10.00. The molecule has 2 rings (SSSR count). The lowest BCUT2D eigenvalue weighted by Crippen LogP contribution is -2.32. The highest BCUT2D eigenvalue weighted by atomic mass is 16.5. The number of hydrogen-bond acceptors (Lipinski definition) is 3. The van der Waals surface area contributed by atoms with Gasteiger partial charge in [-0.2, -0.15) is 0 Å². The zero-order valence-electron chi connectivity index (χ0n) is 14.7. The first kappa shape index (κ1) is 18.4. The molecule has 1 unspecified atom stereocenters. The van der Waals surface area contributed by atoms with E-state index in [0.717, 1.165) is 25.2 Å². The van der Waals surface area contributed by atoms with Crippen molar-refractivity contribution in [2.45, 2.75) is 26.4 Å². The molecule has 0 saturated carbocycles. The highest BCUT2D eigenvalue weighted by Crippen LogP contribution is 2.12. The average Bonchev–Trinajstić information content (AvgIpc) is 2.65. The molecule has 1 atom stereocenters. The number of benzene rings is 2. The van der Waals surface area contributed by atoms with Crippen LogP contribution >= 0.6 is 0 Å². The Labute approximate surface area is 145 Å². The summed E-state index contributed by atoms with van der Waals surface area (Å²) in [5.41, 5.74) is 1.83. The number of nitrogens with zero attached hydrogens (tertiary/aromatic N) is 1. The second-order valence-electron chi connectivity index (χ2n) is 5.81. The summed E-state index contributed by atoms with van der Waals surface area (Å²) in [6, 6.07) is 19.5. The maximum Gasteiger partial charge on any atom is 0.191 e. The lowest BCUT2D eigenvalue weighted by Gasteiger charge is -2.21. The SMILES string of the molecule is CCN(CC)CCOC(Cc1ccccc1)C(=O)c1ccccc1. The zero-order valence-corrected chi connectivity index (χ0v) is 14.7. The molecule has 24 heavy (non-hydrogen) atoms. The maximum atomic E-state index is 12.8.